The van der Waals surface area contributed by atoms with Crippen LogP contribution < -0.4 is 4.90 Å². The predicted octanol–water partition coefficient (Wildman–Crippen LogP) is 3.22. The monoisotopic (exact) mass is 463 g/mol. The largest absolute Gasteiger partial charge is 0.379 e. The fourth-order valence-electron chi connectivity index (χ4n) is 4.58. The lowest BCUT2D eigenvalue weighted by atomic mass is 10.0. The smallest absolute Gasteiger partial charge is 0.257 e. The molecule has 1 atom stereocenters. The number of hydrogen-bond donors (Lipinski definition) is 0. The summed E-state index contributed by atoms with van der Waals surface area (Å²) in [6.07, 6.45) is -0.00843. The minimum Gasteiger partial charge on any atom is -0.379 e. The number of imide groups is 1. The van der Waals surface area contributed by atoms with Crippen molar-refractivity contribution in [2.45, 2.75) is 39.2 Å². The zero-order valence-electron chi connectivity index (χ0n) is 20.2. The lowest BCUT2D eigenvalue weighted by Crippen LogP contribution is -2.49. The molecule has 2 fully saturated rings. The van der Waals surface area contributed by atoms with E-state index in [0.717, 1.165) is 24.2 Å². The van der Waals surface area contributed by atoms with Gasteiger partial charge < -0.3 is 9.64 Å². The van der Waals surface area contributed by atoms with Gasteiger partial charge in [0.1, 0.15) is 6.04 Å². The summed E-state index contributed by atoms with van der Waals surface area (Å²) in [5.74, 6) is -0.476. The highest BCUT2D eigenvalue weighted by Gasteiger charge is 2.44. The van der Waals surface area contributed by atoms with E-state index < -0.39 is 6.04 Å². The minimum atomic E-state index is -0.814. The number of rotatable bonds is 7. The van der Waals surface area contributed by atoms with E-state index in [-0.39, 0.29) is 24.1 Å². The third-order valence-corrected chi connectivity index (χ3v) is 6.71. The number of amides is 3. The maximum Gasteiger partial charge on any atom is 0.257 e. The Balaban J connectivity index is 1.59. The van der Waals surface area contributed by atoms with Crippen LogP contribution in [0.2, 0.25) is 0 Å². The molecule has 3 amide bonds. The summed E-state index contributed by atoms with van der Waals surface area (Å²) in [7, 11) is 0. The van der Waals surface area contributed by atoms with Crippen LogP contribution in [0, 0.1) is 6.92 Å². The topological polar surface area (TPSA) is 70.2 Å². The van der Waals surface area contributed by atoms with Crippen molar-refractivity contribution in [2.24, 2.45) is 0 Å². The molecular weight excluding hydrogens is 430 g/mol. The van der Waals surface area contributed by atoms with Gasteiger partial charge in [0, 0.05) is 31.7 Å². The number of morpholine rings is 1. The zero-order chi connectivity index (χ0) is 24.2. The second kappa shape index (κ2) is 10.5. The van der Waals surface area contributed by atoms with Crippen LogP contribution in [0.15, 0.2) is 48.5 Å². The normalized spacial score (nSPS) is 19.2. The molecule has 2 aliphatic heterocycles. The van der Waals surface area contributed by atoms with Crippen LogP contribution in [0.1, 0.15) is 47.7 Å². The van der Waals surface area contributed by atoms with Gasteiger partial charge in [-0.25, -0.2) is 4.90 Å². The van der Waals surface area contributed by atoms with Crippen molar-refractivity contribution in [3.63, 3.8) is 0 Å². The van der Waals surface area contributed by atoms with Gasteiger partial charge in [-0.05, 0) is 42.2 Å². The fraction of sp³-hybridized carbons (Fsp3) is 0.444. The quantitative estimate of drug-likeness (QED) is 0.590. The zero-order valence-corrected chi connectivity index (χ0v) is 20.2. The predicted molar refractivity (Wildman–Crippen MR) is 131 cm³/mol. The Morgan fingerprint density at radius 2 is 1.74 bits per heavy atom. The van der Waals surface area contributed by atoms with Gasteiger partial charge in [-0.3, -0.25) is 19.3 Å². The van der Waals surface area contributed by atoms with Gasteiger partial charge in [-0.1, -0.05) is 44.2 Å². The first-order valence-corrected chi connectivity index (χ1v) is 12.0. The van der Waals surface area contributed by atoms with Crippen LogP contribution in [0.4, 0.5) is 5.69 Å². The Morgan fingerprint density at radius 1 is 1.06 bits per heavy atom. The summed E-state index contributed by atoms with van der Waals surface area (Å²) in [4.78, 5) is 45.2. The molecule has 2 aliphatic rings. The van der Waals surface area contributed by atoms with Crippen molar-refractivity contribution in [3.05, 3.63) is 65.2 Å². The minimum absolute atomic E-state index is 0.00843. The molecule has 2 saturated heterocycles. The van der Waals surface area contributed by atoms with Crippen molar-refractivity contribution in [2.75, 3.05) is 44.3 Å². The molecule has 2 aromatic rings. The second-order valence-electron chi connectivity index (χ2n) is 9.30. The van der Waals surface area contributed by atoms with Crippen molar-refractivity contribution in [1.29, 1.82) is 0 Å². The standard InChI is InChI=1S/C27H33N3O4/c1-19(2)21-8-10-22(11-9-21)30-25(31)18-24(27(30)33)29(13-12-28-14-16-34-17-15-28)26(32)23-7-5-4-6-20(23)3/h4-11,19,24H,12-18H2,1-3H3. The number of benzene rings is 2. The third kappa shape index (κ3) is 5.05. The Morgan fingerprint density at radius 3 is 2.38 bits per heavy atom. The number of nitrogens with zero attached hydrogens (tertiary/aromatic N) is 3. The van der Waals surface area contributed by atoms with Crippen molar-refractivity contribution < 1.29 is 19.1 Å². The molecule has 0 aliphatic carbocycles. The van der Waals surface area contributed by atoms with E-state index in [4.69, 9.17) is 4.74 Å². The number of ether oxygens (including phenoxy) is 1. The summed E-state index contributed by atoms with van der Waals surface area (Å²) < 4.78 is 5.43. The number of aryl methyl sites for hydroxylation is 1. The van der Waals surface area contributed by atoms with E-state index >= 15 is 0 Å². The molecule has 7 heteroatoms. The van der Waals surface area contributed by atoms with Crippen molar-refractivity contribution in [3.8, 4) is 0 Å². The van der Waals surface area contributed by atoms with E-state index in [0.29, 0.717) is 43.5 Å². The summed E-state index contributed by atoms with van der Waals surface area (Å²) >= 11 is 0. The molecular formula is C27H33N3O4. The lowest BCUT2D eigenvalue weighted by molar-refractivity contribution is -0.122. The van der Waals surface area contributed by atoms with E-state index in [9.17, 15) is 14.4 Å². The Kier molecular flexibility index (Phi) is 7.44. The first-order chi connectivity index (χ1) is 16.4. The van der Waals surface area contributed by atoms with Gasteiger partial charge in [-0.2, -0.15) is 0 Å². The summed E-state index contributed by atoms with van der Waals surface area (Å²) in [5, 5.41) is 0. The lowest BCUT2D eigenvalue weighted by Gasteiger charge is -2.32. The molecule has 0 N–H and O–H groups in total. The molecule has 0 radical (unpaired) electrons. The molecule has 2 heterocycles. The van der Waals surface area contributed by atoms with Gasteiger partial charge in [0.05, 0.1) is 25.3 Å². The van der Waals surface area contributed by atoms with Crippen LogP contribution in [-0.2, 0) is 14.3 Å². The van der Waals surface area contributed by atoms with Gasteiger partial charge in [0.25, 0.3) is 11.8 Å². The maximum atomic E-state index is 13.6. The van der Waals surface area contributed by atoms with Crippen molar-refractivity contribution >= 4 is 23.4 Å². The molecule has 4 rings (SSSR count). The van der Waals surface area contributed by atoms with Gasteiger partial charge in [0.15, 0.2) is 0 Å². The Labute approximate surface area is 201 Å². The molecule has 0 bridgehead atoms. The second-order valence-corrected chi connectivity index (χ2v) is 9.30. The van der Waals surface area contributed by atoms with Crippen LogP contribution >= 0.6 is 0 Å². The van der Waals surface area contributed by atoms with Gasteiger partial charge in [-0.15, -0.1) is 0 Å². The van der Waals surface area contributed by atoms with Crippen LogP contribution in [-0.4, -0.2) is 73.0 Å². The molecule has 34 heavy (non-hydrogen) atoms. The number of hydrogen-bond acceptors (Lipinski definition) is 5. The first-order valence-electron chi connectivity index (χ1n) is 12.0. The van der Waals surface area contributed by atoms with E-state index in [2.05, 4.69) is 18.7 Å². The summed E-state index contributed by atoms with van der Waals surface area (Å²) in [6, 6.07) is 14.1. The van der Waals surface area contributed by atoms with E-state index in [1.165, 1.54) is 4.90 Å². The van der Waals surface area contributed by atoms with Crippen LogP contribution in [0.3, 0.4) is 0 Å². The molecule has 0 spiro atoms. The van der Waals surface area contributed by atoms with Crippen LogP contribution in [0.5, 0.6) is 0 Å². The maximum absolute atomic E-state index is 13.6. The highest BCUT2D eigenvalue weighted by Crippen LogP contribution is 2.28. The molecule has 1 unspecified atom stereocenters. The molecule has 180 valence electrons. The third-order valence-electron chi connectivity index (χ3n) is 6.71. The molecule has 0 saturated carbocycles. The molecule has 7 nitrogen and oxygen atoms in total. The SMILES string of the molecule is Cc1ccccc1C(=O)N(CCN1CCOCC1)C1CC(=O)N(c2ccc(C(C)C)cc2)C1=O. The number of anilines is 1. The van der Waals surface area contributed by atoms with E-state index in [1.54, 1.807) is 11.0 Å². The van der Waals surface area contributed by atoms with Crippen molar-refractivity contribution in [1.82, 2.24) is 9.80 Å². The fourth-order valence-corrected chi connectivity index (χ4v) is 4.58. The average molecular weight is 464 g/mol. The molecule has 2 aromatic carbocycles. The summed E-state index contributed by atoms with van der Waals surface area (Å²) in [5.41, 5.74) is 3.10. The number of carbonyl (C=O) groups is 3. The Hall–Kier alpha value is -3.03. The highest BCUT2D eigenvalue weighted by atomic mass is 16.5. The van der Waals surface area contributed by atoms with E-state index in [1.807, 2.05) is 49.4 Å². The summed E-state index contributed by atoms with van der Waals surface area (Å²) in [6.45, 7) is 9.98. The number of carbonyl (C=O) groups excluding carboxylic acids is 3. The highest BCUT2D eigenvalue weighted by molar-refractivity contribution is 6.23. The first kappa shape index (κ1) is 24.1. The average Bonchev–Trinajstić information content (AvgIpc) is 3.13. The Bertz CT molecular complexity index is 1040. The van der Waals surface area contributed by atoms with Crippen LogP contribution in [0.25, 0.3) is 0 Å². The molecule has 0 aromatic heterocycles. The van der Waals surface area contributed by atoms with Gasteiger partial charge >= 0.3 is 0 Å². The van der Waals surface area contributed by atoms with Gasteiger partial charge in [0.2, 0.25) is 5.91 Å².